The highest BCUT2D eigenvalue weighted by molar-refractivity contribution is 6.39. The van der Waals surface area contributed by atoms with Crippen LogP contribution in [0.5, 0.6) is 11.6 Å². The van der Waals surface area contributed by atoms with Crippen molar-refractivity contribution in [2.24, 2.45) is 0 Å². The number of hydrogen-bond donors (Lipinski definition) is 3. The van der Waals surface area contributed by atoms with E-state index in [4.69, 9.17) is 32.7 Å². The number of aliphatic hydroxyl groups is 1. The second kappa shape index (κ2) is 14.8. The number of β-amino-alcohol motifs (C(OH)–C–C–N with tert-alkyl or cyclic N) is 1. The van der Waals surface area contributed by atoms with E-state index >= 15 is 4.39 Å². The fourth-order valence-corrected chi connectivity index (χ4v) is 7.16. The third kappa shape index (κ3) is 7.13. The van der Waals surface area contributed by atoms with E-state index in [0.717, 1.165) is 41.8 Å². The van der Waals surface area contributed by atoms with Crippen LogP contribution in [0.25, 0.3) is 33.6 Å². The van der Waals surface area contributed by atoms with Crippen molar-refractivity contribution < 1.29 is 23.8 Å². The number of rotatable bonds is 11. The molecule has 4 heterocycles. The number of hydrogen-bond acceptors (Lipinski definition) is 8. The van der Waals surface area contributed by atoms with E-state index in [1.165, 1.54) is 13.2 Å². The van der Waals surface area contributed by atoms with Crippen LogP contribution < -0.4 is 20.1 Å². The van der Waals surface area contributed by atoms with Crippen molar-refractivity contribution in [2.75, 3.05) is 33.9 Å². The molecule has 2 aromatic heterocycles. The lowest BCUT2D eigenvalue weighted by Crippen LogP contribution is -2.35. The standard InChI is InChI=1S/C36H38Cl2FN5O4/c1-20(45)18-44-12-10-21-13-22(14-31(47-2)28(21)19-44)35-34(38)25(9-11-41-35)24-5-4-6-26(33(24)37)30-15-29(39)27(36(43-30)48-3)17-40-16-23-7-8-32(46)42-23/h4-6,9,11,13-15,20,23,40,45H,7-8,10,12,16-19H2,1-3H3,(H,42,46)/t20?,23-/m1/s1. The number of ether oxygens (including phenoxy) is 2. The lowest BCUT2D eigenvalue weighted by Gasteiger charge is -2.31. The molecule has 6 rings (SSSR count). The van der Waals surface area contributed by atoms with Crippen LogP contribution in [0, 0.1) is 5.82 Å². The summed E-state index contributed by atoms with van der Waals surface area (Å²) in [4.78, 5) is 23.0. The minimum atomic E-state index is -0.485. The zero-order chi connectivity index (χ0) is 33.9. The van der Waals surface area contributed by atoms with E-state index in [9.17, 15) is 9.90 Å². The summed E-state index contributed by atoms with van der Waals surface area (Å²) in [6.45, 7) is 4.60. The van der Waals surface area contributed by atoms with Gasteiger partial charge in [0.1, 0.15) is 11.6 Å². The number of carbonyl (C=O) groups is 1. The molecule has 1 amide bonds. The minimum Gasteiger partial charge on any atom is -0.496 e. The van der Waals surface area contributed by atoms with Gasteiger partial charge in [0.2, 0.25) is 11.8 Å². The molecule has 2 aliphatic heterocycles. The van der Waals surface area contributed by atoms with Gasteiger partial charge in [0.05, 0.1) is 47.3 Å². The average molecular weight is 695 g/mol. The number of amides is 1. The molecule has 4 aromatic rings. The van der Waals surface area contributed by atoms with Crippen LogP contribution in [0.2, 0.25) is 10.0 Å². The van der Waals surface area contributed by atoms with Crippen molar-refractivity contribution in [3.8, 4) is 45.3 Å². The molecule has 0 radical (unpaired) electrons. The SMILES string of the molecule is COc1cc(-c2nccc(-c3cccc(-c4cc(F)c(CNC[C@H]5CCC(=O)N5)c(OC)n4)c3Cl)c2Cl)cc2c1CN(CC(C)O)CC2. The van der Waals surface area contributed by atoms with Crippen molar-refractivity contribution in [1.82, 2.24) is 25.5 Å². The lowest BCUT2D eigenvalue weighted by atomic mass is 9.93. The first-order chi connectivity index (χ1) is 23.2. The largest absolute Gasteiger partial charge is 0.496 e. The molecule has 0 saturated carbocycles. The predicted molar refractivity (Wildman–Crippen MR) is 185 cm³/mol. The number of aromatic nitrogens is 2. The van der Waals surface area contributed by atoms with E-state index in [2.05, 4.69) is 31.6 Å². The van der Waals surface area contributed by atoms with E-state index in [1.54, 1.807) is 32.4 Å². The van der Waals surface area contributed by atoms with Gasteiger partial charge in [-0.2, -0.15) is 0 Å². The number of halogens is 3. The van der Waals surface area contributed by atoms with Gasteiger partial charge in [0.15, 0.2) is 0 Å². The summed E-state index contributed by atoms with van der Waals surface area (Å²) in [6, 6.07) is 12.7. The van der Waals surface area contributed by atoms with Crippen molar-refractivity contribution >= 4 is 29.1 Å². The fraction of sp³-hybridized carbons (Fsp3) is 0.361. The lowest BCUT2D eigenvalue weighted by molar-refractivity contribution is -0.119. The molecule has 2 aliphatic rings. The molecule has 252 valence electrons. The monoisotopic (exact) mass is 693 g/mol. The molecule has 12 heteroatoms. The molecule has 48 heavy (non-hydrogen) atoms. The Balaban J connectivity index is 1.29. The molecular formula is C36H38Cl2FN5O4. The molecule has 9 nitrogen and oxygen atoms in total. The van der Waals surface area contributed by atoms with E-state index in [-0.39, 0.29) is 29.9 Å². The predicted octanol–water partition coefficient (Wildman–Crippen LogP) is 6.05. The van der Waals surface area contributed by atoms with Gasteiger partial charge in [-0.1, -0.05) is 41.4 Å². The number of aliphatic hydroxyl groups excluding tert-OH is 1. The maximum Gasteiger partial charge on any atom is 0.221 e. The smallest absolute Gasteiger partial charge is 0.221 e. The Morgan fingerprint density at radius 2 is 1.90 bits per heavy atom. The van der Waals surface area contributed by atoms with Crippen LogP contribution in [-0.4, -0.2) is 71.9 Å². The molecule has 1 unspecified atom stereocenters. The molecule has 1 fully saturated rings. The number of nitrogens with one attached hydrogen (secondary N) is 2. The Labute approximate surface area is 289 Å². The van der Waals surface area contributed by atoms with Crippen molar-refractivity contribution in [1.29, 1.82) is 0 Å². The third-order valence-electron chi connectivity index (χ3n) is 8.85. The quantitative estimate of drug-likeness (QED) is 0.174. The molecule has 0 aliphatic carbocycles. The van der Waals surface area contributed by atoms with Gasteiger partial charge in [-0.3, -0.25) is 14.7 Å². The number of benzene rings is 2. The van der Waals surface area contributed by atoms with Gasteiger partial charge in [-0.25, -0.2) is 9.37 Å². The Kier molecular flexibility index (Phi) is 10.5. The molecule has 1 saturated heterocycles. The topological polar surface area (TPSA) is 109 Å². The zero-order valence-corrected chi connectivity index (χ0v) is 28.6. The maximum atomic E-state index is 15.5. The van der Waals surface area contributed by atoms with Crippen LogP contribution in [-0.2, 0) is 24.3 Å². The van der Waals surface area contributed by atoms with Gasteiger partial charge in [0, 0.05) is 85.3 Å². The van der Waals surface area contributed by atoms with Crippen LogP contribution in [0.4, 0.5) is 4.39 Å². The second-order valence-electron chi connectivity index (χ2n) is 12.2. The zero-order valence-electron chi connectivity index (χ0n) is 27.1. The molecular weight excluding hydrogens is 656 g/mol. The number of pyridine rings is 2. The van der Waals surface area contributed by atoms with Crippen molar-refractivity contribution in [3.05, 3.63) is 81.2 Å². The van der Waals surface area contributed by atoms with Crippen LogP contribution in [0.3, 0.4) is 0 Å². The first kappa shape index (κ1) is 34.1. The van der Waals surface area contributed by atoms with Crippen molar-refractivity contribution in [3.63, 3.8) is 0 Å². The third-order valence-corrected chi connectivity index (χ3v) is 9.64. The van der Waals surface area contributed by atoms with Crippen molar-refractivity contribution in [2.45, 2.75) is 51.4 Å². The first-order valence-corrected chi connectivity index (χ1v) is 16.7. The van der Waals surface area contributed by atoms with E-state index in [0.29, 0.717) is 64.2 Å². The Bertz CT molecular complexity index is 1820. The Morgan fingerprint density at radius 1 is 1.10 bits per heavy atom. The molecule has 2 aromatic carbocycles. The number of fused-ring (bicyclic) bond motifs is 1. The average Bonchev–Trinajstić information content (AvgIpc) is 3.49. The second-order valence-corrected chi connectivity index (χ2v) is 13.0. The highest BCUT2D eigenvalue weighted by Gasteiger charge is 2.25. The maximum absolute atomic E-state index is 15.5. The summed E-state index contributed by atoms with van der Waals surface area (Å²) in [5.74, 6) is 0.433. The first-order valence-electron chi connectivity index (χ1n) is 15.9. The summed E-state index contributed by atoms with van der Waals surface area (Å²) in [5, 5.41) is 16.8. The molecule has 2 atom stereocenters. The summed E-state index contributed by atoms with van der Waals surface area (Å²) >= 11 is 14.1. The normalized spacial score (nSPS) is 16.8. The van der Waals surface area contributed by atoms with Gasteiger partial charge in [-0.05, 0) is 43.5 Å². The summed E-state index contributed by atoms with van der Waals surface area (Å²) in [5.41, 5.74) is 6.09. The van der Waals surface area contributed by atoms with Crippen LogP contribution in [0.1, 0.15) is 36.5 Å². The molecule has 0 bridgehead atoms. The van der Waals surface area contributed by atoms with Gasteiger partial charge in [-0.15, -0.1) is 0 Å². The minimum absolute atomic E-state index is 0.0162. The number of nitrogens with zero attached hydrogens (tertiary/aromatic N) is 3. The molecule has 0 spiro atoms. The Morgan fingerprint density at radius 3 is 2.62 bits per heavy atom. The Hall–Kier alpha value is -3.80. The van der Waals surface area contributed by atoms with Crippen LogP contribution in [0.15, 0.2) is 48.7 Å². The summed E-state index contributed by atoms with van der Waals surface area (Å²) in [6.07, 6.45) is 3.32. The highest BCUT2D eigenvalue weighted by Crippen LogP contribution is 2.43. The van der Waals surface area contributed by atoms with Gasteiger partial charge in [0.25, 0.3) is 0 Å². The van der Waals surface area contributed by atoms with Gasteiger partial charge >= 0.3 is 0 Å². The van der Waals surface area contributed by atoms with E-state index in [1.807, 2.05) is 18.2 Å². The highest BCUT2D eigenvalue weighted by atomic mass is 35.5. The fourth-order valence-electron chi connectivity index (χ4n) is 6.51. The van der Waals surface area contributed by atoms with E-state index < -0.39 is 11.9 Å². The summed E-state index contributed by atoms with van der Waals surface area (Å²) < 4.78 is 26.8. The van der Waals surface area contributed by atoms with Gasteiger partial charge < -0.3 is 25.2 Å². The van der Waals surface area contributed by atoms with Crippen LogP contribution >= 0.6 is 23.2 Å². The number of methoxy groups -OCH3 is 2. The molecule has 3 N–H and O–H groups in total. The number of carbonyl (C=O) groups excluding carboxylic acids is 1. The summed E-state index contributed by atoms with van der Waals surface area (Å²) in [7, 11) is 3.10.